The minimum Gasteiger partial charge on any atom is -0.486 e. The van der Waals surface area contributed by atoms with E-state index in [-0.39, 0.29) is 5.91 Å². The zero-order valence-corrected chi connectivity index (χ0v) is 18.6. The number of carbonyl (C=O) groups excluding carboxylic acids is 1. The highest BCUT2D eigenvalue weighted by atomic mass is 35.5. The van der Waals surface area contributed by atoms with Crippen molar-refractivity contribution in [3.8, 4) is 11.5 Å². The molecule has 30 heavy (non-hydrogen) atoms. The monoisotopic (exact) mass is 445 g/mol. The van der Waals surface area contributed by atoms with Crippen molar-refractivity contribution < 1.29 is 14.3 Å². The Morgan fingerprint density at radius 2 is 1.80 bits per heavy atom. The molecule has 8 heteroatoms. The number of aromatic nitrogens is 1. The Kier molecular flexibility index (Phi) is 6.41. The minimum atomic E-state index is -0.149. The SMILES string of the molecule is CCN(CC)CCN(C(=O)c1ccccc1Cl)c1nc2cc3c(cc2s1)OCCO3. The molecule has 158 valence electrons. The molecule has 1 aliphatic heterocycles. The van der Waals surface area contributed by atoms with Crippen molar-refractivity contribution >= 4 is 44.2 Å². The summed E-state index contributed by atoms with van der Waals surface area (Å²) in [6, 6.07) is 10.9. The first-order valence-corrected chi connectivity index (χ1v) is 11.3. The number of ether oxygens (including phenoxy) is 2. The third-order valence-corrected chi connectivity index (χ3v) is 6.53. The van der Waals surface area contributed by atoms with Crippen LogP contribution in [0.3, 0.4) is 0 Å². The molecular formula is C22H24ClN3O3S. The van der Waals surface area contributed by atoms with Gasteiger partial charge in [0.05, 0.1) is 20.8 Å². The Labute approximate surface area is 185 Å². The van der Waals surface area contributed by atoms with Gasteiger partial charge < -0.3 is 14.4 Å². The van der Waals surface area contributed by atoms with Gasteiger partial charge in [-0.2, -0.15) is 0 Å². The van der Waals surface area contributed by atoms with E-state index in [0.717, 1.165) is 35.6 Å². The van der Waals surface area contributed by atoms with E-state index in [1.807, 2.05) is 24.3 Å². The van der Waals surface area contributed by atoms with Crippen molar-refractivity contribution in [1.82, 2.24) is 9.88 Å². The minimum absolute atomic E-state index is 0.149. The molecule has 0 fully saturated rings. The number of anilines is 1. The van der Waals surface area contributed by atoms with Crippen LogP contribution in [0.4, 0.5) is 5.13 Å². The summed E-state index contributed by atoms with van der Waals surface area (Å²) in [4.78, 5) is 22.2. The van der Waals surface area contributed by atoms with Crippen LogP contribution in [0.15, 0.2) is 36.4 Å². The summed E-state index contributed by atoms with van der Waals surface area (Å²) in [5, 5.41) is 1.08. The summed E-state index contributed by atoms with van der Waals surface area (Å²) in [5.74, 6) is 1.26. The van der Waals surface area contributed by atoms with Crippen molar-refractivity contribution in [2.45, 2.75) is 13.8 Å². The number of thiazole rings is 1. The number of carbonyl (C=O) groups is 1. The maximum absolute atomic E-state index is 13.4. The summed E-state index contributed by atoms with van der Waals surface area (Å²) >= 11 is 7.80. The number of halogens is 1. The molecule has 1 aliphatic rings. The average molecular weight is 446 g/mol. The van der Waals surface area contributed by atoms with E-state index in [1.54, 1.807) is 17.0 Å². The molecule has 0 saturated carbocycles. The highest BCUT2D eigenvalue weighted by Gasteiger charge is 2.24. The topological polar surface area (TPSA) is 54.9 Å². The van der Waals surface area contributed by atoms with Gasteiger partial charge in [0.1, 0.15) is 13.2 Å². The predicted octanol–water partition coefficient (Wildman–Crippen LogP) is 4.71. The highest BCUT2D eigenvalue weighted by Crippen LogP contribution is 2.39. The first-order valence-electron chi connectivity index (χ1n) is 10.1. The lowest BCUT2D eigenvalue weighted by Gasteiger charge is -2.25. The zero-order chi connectivity index (χ0) is 21.1. The van der Waals surface area contributed by atoms with E-state index < -0.39 is 0 Å². The number of hydrogen-bond acceptors (Lipinski definition) is 6. The fraction of sp³-hybridized carbons (Fsp3) is 0.364. The van der Waals surface area contributed by atoms with Crippen molar-refractivity contribution in [2.75, 3.05) is 44.3 Å². The molecule has 1 amide bonds. The van der Waals surface area contributed by atoms with E-state index in [9.17, 15) is 4.79 Å². The number of hydrogen-bond donors (Lipinski definition) is 0. The normalized spacial score (nSPS) is 13.1. The Bertz CT molecular complexity index is 1010. The van der Waals surface area contributed by atoms with Crippen molar-refractivity contribution in [3.05, 3.63) is 47.0 Å². The molecule has 0 atom stereocenters. The highest BCUT2D eigenvalue weighted by molar-refractivity contribution is 7.22. The van der Waals surface area contributed by atoms with Crippen LogP contribution >= 0.6 is 22.9 Å². The fourth-order valence-electron chi connectivity index (χ4n) is 3.41. The van der Waals surface area contributed by atoms with Crippen molar-refractivity contribution in [3.63, 3.8) is 0 Å². The van der Waals surface area contributed by atoms with Crippen LogP contribution in [0.1, 0.15) is 24.2 Å². The van der Waals surface area contributed by atoms with E-state index in [2.05, 4.69) is 18.7 Å². The second kappa shape index (κ2) is 9.20. The second-order valence-electron chi connectivity index (χ2n) is 6.92. The molecule has 3 aromatic rings. The van der Waals surface area contributed by atoms with Gasteiger partial charge in [0, 0.05) is 25.2 Å². The Morgan fingerprint density at radius 3 is 2.50 bits per heavy atom. The molecule has 0 spiro atoms. The van der Waals surface area contributed by atoms with Gasteiger partial charge >= 0.3 is 0 Å². The molecular weight excluding hydrogens is 422 g/mol. The van der Waals surface area contributed by atoms with E-state index in [4.69, 9.17) is 26.1 Å². The predicted molar refractivity (Wildman–Crippen MR) is 122 cm³/mol. The van der Waals surface area contributed by atoms with Crippen LogP contribution in [0, 0.1) is 0 Å². The van der Waals surface area contributed by atoms with Crippen LogP contribution in [0.25, 0.3) is 10.2 Å². The first kappa shape index (κ1) is 20.9. The maximum atomic E-state index is 13.4. The van der Waals surface area contributed by atoms with Crippen molar-refractivity contribution in [2.24, 2.45) is 0 Å². The summed E-state index contributed by atoms with van der Waals surface area (Å²) < 4.78 is 12.3. The smallest absolute Gasteiger partial charge is 0.261 e. The van der Waals surface area contributed by atoms with Crippen LogP contribution in [0.2, 0.25) is 5.02 Å². The standard InChI is InChI=1S/C22H24ClN3O3S/c1-3-25(4-2)9-10-26(21(27)15-7-5-6-8-16(15)23)22-24-17-13-18-19(14-20(17)30-22)29-12-11-28-18/h5-8,13-14H,3-4,9-12H2,1-2H3. The largest absolute Gasteiger partial charge is 0.486 e. The molecule has 4 rings (SSSR count). The first-order chi connectivity index (χ1) is 14.6. The van der Waals surface area contributed by atoms with Gasteiger partial charge in [0.15, 0.2) is 16.6 Å². The lowest BCUT2D eigenvalue weighted by atomic mass is 10.2. The lowest BCUT2D eigenvalue weighted by molar-refractivity contribution is 0.0984. The van der Waals surface area contributed by atoms with E-state index in [1.165, 1.54) is 11.3 Å². The quantitative estimate of drug-likeness (QED) is 0.527. The number of likely N-dealkylation sites (N-methyl/N-ethyl adjacent to an activating group) is 1. The number of fused-ring (bicyclic) bond motifs is 2. The zero-order valence-electron chi connectivity index (χ0n) is 17.1. The second-order valence-corrected chi connectivity index (χ2v) is 8.34. The molecule has 0 saturated heterocycles. The Hall–Kier alpha value is -2.35. The Morgan fingerprint density at radius 1 is 1.10 bits per heavy atom. The summed E-state index contributed by atoms with van der Waals surface area (Å²) in [6.45, 7) is 8.41. The molecule has 2 aromatic carbocycles. The number of nitrogens with zero attached hydrogens (tertiary/aromatic N) is 3. The van der Waals surface area contributed by atoms with Crippen LogP contribution < -0.4 is 14.4 Å². The lowest BCUT2D eigenvalue weighted by Crippen LogP contribution is -2.39. The van der Waals surface area contributed by atoms with E-state index in [0.29, 0.717) is 41.2 Å². The molecule has 0 bridgehead atoms. The molecule has 2 heterocycles. The molecule has 0 N–H and O–H groups in total. The van der Waals surface area contributed by atoms with Crippen molar-refractivity contribution in [1.29, 1.82) is 0 Å². The third kappa shape index (κ3) is 4.24. The maximum Gasteiger partial charge on any atom is 0.261 e. The van der Waals surface area contributed by atoms with Gasteiger partial charge in [-0.1, -0.05) is 48.9 Å². The number of benzene rings is 2. The molecule has 1 aromatic heterocycles. The van der Waals surface area contributed by atoms with Gasteiger partial charge in [-0.05, 0) is 25.2 Å². The molecule has 6 nitrogen and oxygen atoms in total. The van der Waals surface area contributed by atoms with Gasteiger partial charge in [-0.15, -0.1) is 0 Å². The molecule has 0 radical (unpaired) electrons. The fourth-order valence-corrected chi connectivity index (χ4v) is 4.63. The number of amides is 1. The average Bonchev–Trinajstić information content (AvgIpc) is 3.17. The summed E-state index contributed by atoms with van der Waals surface area (Å²) in [6.07, 6.45) is 0. The molecule has 0 unspecified atom stereocenters. The Balaban J connectivity index is 1.71. The van der Waals surface area contributed by atoms with Crippen LogP contribution in [-0.4, -0.2) is 55.2 Å². The van der Waals surface area contributed by atoms with Crippen LogP contribution in [0.5, 0.6) is 11.5 Å². The van der Waals surface area contributed by atoms with E-state index >= 15 is 0 Å². The molecule has 0 aliphatic carbocycles. The number of rotatable bonds is 7. The van der Waals surface area contributed by atoms with Gasteiger partial charge in [-0.25, -0.2) is 4.98 Å². The van der Waals surface area contributed by atoms with Crippen LogP contribution in [-0.2, 0) is 0 Å². The van der Waals surface area contributed by atoms with Gasteiger partial charge in [-0.3, -0.25) is 9.69 Å². The van der Waals surface area contributed by atoms with Gasteiger partial charge in [0.25, 0.3) is 5.91 Å². The summed E-state index contributed by atoms with van der Waals surface area (Å²) in [5.41, 5.74) is 1.27. The summed E-state index contributed by atoms with van der Waals surface area (Å²) in [7, 11) is 0. The third-order valence-electron chi connectivity index (χ3n) is 5.16. The van der Waals surface area contributed by atoms with Gasteiger partial charge in [0.2, 0.25) is 0 Å².